The Bertz CT molecular complexity index is 686. The summed E-state index contributed by atoms with van der Waals surface area (Å²) in [4.78, 5) is 11.9. The Labute approximate surface area is 121 Å². The minimum atomic E-state index is -0.815. The summed E-state index contributed by atoms with van der Waals surface area (Å²) in [7, 11) is 0. The maximum atomic E-state index is 14.2. The lowest BCUT2D eigenvalue weighted by atomic mass is 9.73. The lowest BCUT2D eigenvalue weighted by molar-refractivity contribution is -0.119. The van der Waals surface area contributed by atoms with Gasteiger partial charge in [-0.1, -0.05) is 37.3 Å². The van der Waals surface area contributed by atoms with Crippen LogP contribution in [0, 0.1) is 11.6 Å². The Morgan fingerprint density at radius 3 is 2.57 bits per heavy atom. The lowest BCUT2D eigenvalue weighted by Gasteiger charge is -2.31. The topological polar surface area (TPSA) is 29.1 Å². The summed E-state index contributed by atoms with van der Waals surface area (Å²) in [5.74, 6) is -1.15. The molecule has 2 aromatic rings. The molecule has 1 aliphatic heterocycles. The van der Waals surface area contributed by atoms with E-state index in [-0.39, 0.29) is 23.9 Å². The number of hydrogen-bond donors (Lipinski definition) is 1. The molecule has 2 unspecified atom stereocenters. The van der Waals surface area contributed by atoms with Crippen LogP contribution < -0.4 is 5.32 Å². The predicted octanol–water partition coefficient (Wildman–Crippen LogP) is 3.48. The molecule has 0 spiro atoms. The van der Waals surface area contributed by atoms with Crippen LogP contribution in [0.25, 0.3) is 0 Å². The van der Waals surface area contributed by atoms with Crippen molar-refractivity contribution in [2.24, 2.45) is 0 Å². The van der Waals surface area contributed by atoms with Gasteiger partial charge in [0.2, 0.25) is 5.91 Å². The van der Waals surface area contributed by atoms with Crippen molar-refractivity contribution in [3.05, 3.63) is 71.3 Å². The molecule has 2 aromatic carbocycles. The van der Waals surface area contributed by atoms with E-state index < -0.39 is 17.0 Å². The van der Waals surface area contributed by atoms with E-state index in [0.717, 1.165) is 17.7 Å². The summed E-state index contributed by atoms with van der Waals surface area (Å²) >= 11 is 0. The van der Waals surface area contributed by atoms with Crippen LogP contribution in [0.5, 0.6) is 0 Å². The van der Waals surface area contributed by atoms with E-state index >= 15 is 0 Å². The fourth-order valence-corrected chi connectivity index (χ4v) is 3.09. The van der Waals surface area contributed by atoms with Crippen molar-refractivity contribution >= 4 is 5.91 Å². The number of halogens is 2. The standard InChI is InChI=1S/C17H15F2NO/c1-17(13-9-12(18)7-8-14(13)19)10-15(21)20-16(17)11-5-3-2-4-6-11/h2-9,16H,10H2,1H3,(H,20,21). The van der Waals surface area contributed by atoms with Crippen molar-refractivity contribution in [1.29, 1.82) is 0 Å². The maximum absolute atomic E-state index is 14.2. The molecule has 0 radical (unpaired) electrons. The van der Waals surface area contributed by atoms with Gasteiger partial charge in [0.15, 0.2) is 0 Å². The lowest BCUT2D eigenvalue weighted by Crippen LogP contribution is -2.31. The molecule has 1 N–H and O–H groups in total. The number of rotatable bonds is 2. The Morgan fingerprint density at radius 2 is 1.86 bits per heavy atom. The van der Waals surface area contributed by atoms with Crippen LogP contribution in [0.2, 0.25) is 0 Å². The minimum absolute atomic E-state index is 0.132. The summed E-state index contributed by atoms with van der Waals surface area (Å²) in [5.41, 5.74) is 0.300. The molecule has 1 saturated heterocycles. The molecule has 4 heteroatoms. The summed E-state index contributed by atoms with van der Waals surface area (Å²) in [6.45, 7) is 1.79. The van der Waals surface area contributed by atoms with E-state index in [4.69, 9.17) is 0 Å². The van der Waals surface area contributed by atoms with E-state index in [9.17, 15) is 13.6 Å². The molecule has 3 rings (SSSR count). The van der Waals surface area contributed by atoms with Gasteiger partial charge < -0.3 is 5.32 Å². The third-order valence-electron chi connectivity index (χ3n) is 4.15. The minimum Gasteiger partial charge on any atom is -0.348 e. The number of hydrogen-bond acceptors (Lipinski definition) is 1. The largest absolute Gasteiger partial charge is 0.348 e. The van der Waals surface area contributed by atoms with Gasteiger partial charge in [0.1, 0.15) is 11.6 Å². The second kappa shape index (κ2) is 4.95. The van der Waals surface area contributed by atoms with Gasteiger partial charge in [-0.3, -0.25) is 4.79 Å². The molecule has 0 aliphatic carbocycles. The predicted molar refractivity (Wildman–Crippen MR) is 75.7 cm³/mol. The second-order valence-electron chi connectivity index (χ2n) is 5.63. The van der Waals surface area contributed by atoms with Gasteiger partial charge in [0.25, 0.3) is 0 Å². The quantitative estimate of drug-likeness (QED) is 0.900. The van der Waals surface area contributed by atoms with E-state index in [1.54, 1.807) is 6.92 Å². The summed E-state index contributed by atoms with van der Waals surface area (Å²) < 4.78 is 27.7. The molecule has 2 nitrogen and oxygen atoms in total. The number of benzene rings is 2. The third-order valence-corrected chi connectivity index (χ3v) is 4.15. The van der Waals surface area contributed by atoms with Crippen molar-refractivity contribution in [2.75, 3.05) is 0 Å². The Kier molecular flexibility index (Phi) is 3.24. The van der Waals surface area contributed by atoms with Crippen LogP contribution >= 0.6 is 0 Å². The molecule has 1 heterocycles. The number of nitrogens with one attached hydrogen (secondary N) is 1. The molecule has 2 atom stereocenters. The fourth-order valence-electron chi connectivity index (χ4n) is 3.09. The van der Waals surface area contributed by atoms with Gasteiger partial charge in [0, 0.05) is 11.8 Å². The molecule has 1 aliphatic rings. The highest BCUT2D eigenvalue weighted by molar-refractivity contribution is 5.82. The first-order valence-electron chi connectivity index (χ1n) is 6.80. The van der Waals surface area contributed by atoms with Crippen molar-refractivity contribution < 1.29 is 13.6 Å². The second-order valence-corrected chi connectivity index (χ2v) is 5.63. The van der Waals surface area contributed by atoms with Gasteiger partial charge in [0.05, 0.1) is 6.04 Å². The molecule has 0 saturated carbocycles. The zero-order chi connectivity index (χ0) is 15.0. The van der Waals surface area contributed by atoms with Crippen LogP contribution in [0.1, 0.15) is 30.5 Å². The summed E-state index contributed by atoms with van der Waals surface area (Å²) in [5, 5.41) is 2.88. The van der Waals surface area contributed by atoms with Gasteiger partial charge in [-0.2, -0.15) is 0 Å². The molecule has 108 valence electrons. The van der Waals surface area contributed by atoms with E-state index in [1.165, 1.54) is 6.07 Å². The van der Waals surface area contributed by atoms with Gasteiger partial charge >= 0.3 is 0 Å². The zero-order valence-corrected chi connectivity index (χ0v) is 11.6. The number of amides is 1. The zero-order valence-electron chi connectivity index (χ0n) is 11.6. The maximum Gasteiger partial charge on any atom is 0.221 e. The Hall–Kier alpha value is -2.23. The van der Waals surface area contributed by atoms with Crippen molar-refractivity contribution in [1.82, 2.24) is 5.32 Å². The van der Waals surface area contributed by atoms with Crippen LogP contribution in [-0.4, -0.2) is 5.91 Å². The molecular formula is C17H15F2NO. The monoisotopic (exact) mass is 287 g/mol. The Balaban J connectivity index is 2.13. The molecule has 21 heavy (non-hydrogen) atoms. The summed E-state index contributed by atoms with van der Waals surface area (Å²) in [6.07, 6.45) is 0.132. The average molecular weight is 287 g/mol. The highest BCUT2D eigenvalue weighted by Gasteiger charge is 2.46. The van der Waals surface area contributed by atoms with E-state index in [2.05, 4.69) is 5.32 Å². The van der Waals surface area contributed by atoms with Gasteiger partial charge in [-0.25, -0.2) is 8.78 Å². The molecular weight excluding hydrogens is 272 g/mol. The van der Waals surface area contributed by atoms with E-state index in [1.807, 2.05) is 30.3 Å². The fraction of sp³-hybridized carbons (Fsp3) is 0.235. The first-order valence-corrected chi connectivity index (χ1v) is 6.80. The van der Waals surface area contributed by atoms with Crippen molar-refractivity contribution in [3.63, 3.8) is 0 Å². The highest BCUT2D eigenvalue weighted by Crippen LogP contribution is 2.45. The van der Waals surface area contributed by atoms with Crippen LogP contribution in [0.3, 0.4) is 0 Å². The van der Waals surface area contributed by atoms with Crippen LogP contribution in [0.4, 0.5) is 8.78 Å². The average Bonchev–Trinajstić information content (AvgIpc) is 2.78. The summed E-state index contributed by atoms with van der Waals surface area (Å²) in [6, 6.07) is 12.4. The number of carbonyl (C=O) groups excluding carboxylic acids is 1. The SMILES string of the molecule is CC1(c2cc(F)ccc2F)CC(=O)NC1c1ccccc1. The first-order chi connectivity index (χ1) is 10.0. The Morgan fingerprint density at radius 1 is 1.14 bits per heavy atom. The third kappa shape index (κ3) is 2.31. The van der Waals surface area contributed by atoms with Crippen molar-refractivity contribution in [2.45, 2.75) is 24.8 Å². The van der Waals surface area contributed by atoms with Gasteiger partial charge in [-0.05, 0) is 29.3 Å². The normalized spacial score (nSPS) is 24.9. The molecule has 1 amide bonds. The van der Waals surface area contributed by atoms with Crippen LogP contribution in [0.15, 0.2) is 48.5 Å². The van der Waals surface area contributed by atoms with E-state index in [0.29, 0.717) is 0 Å². The first kappa shape index (κ1) is 13.7. The highest BCUT2D eigenvalue weighted by atomic mass is 19.1. The van der Waals surface area contributed by atoms with Gasteiger partial charge in [-0.15, -0.1) is 0 Å². The van der Waals surface area contributed by atoms with Crippen molar-refractivity contribution in [3.8, 4) is 0 Å². The number of carbonyl (C=O) groups is 1. The molecule has 1 fully saturated rings. The molecule has 0 bridgehead atoms. The van der Waals surface area contributed by atoms with Crippen LogP contribution in [-0.2, 0) is 10.2 Å². The smallest absolute Gasteiger partial charge is 0.221 e. The molecule has 0 aromatic heterocycles.